The molecule has 2 rings (SSSR count). The molecule has 1 aromatic rings. The van der Waals surface area contributed by atoms with Gasteiger partial charge in [-0.05, 0) is 12.8 Å². The minimum atomic E-state index is -0.959. The Hall–Kier alpha value is -1.36. The molecule has 1 aliphatic rings. The first-order valence-corrected chi connectivity index (χ1v) is 4.17. The first-order chi connectivity index (χ1) is 6.29. The molecule has 2 heterocycles. The second-order valence-electron chi connectivity index (χ2n) is 3.00. The van der Waals surface area contributed by atoms with E-state index < -0.39 is 5.97 Å². The van der Waals surface area contributed by atoms with Crippen molar-refractivity contribution in [3.05, 3.63) is 17.5 Å². The fraction of sp³-hybridized carbons (Fsp3) is 0.500. The maximum Gasteiger partial charge on any atom is 0.339 e. The summed E-state index contributed by atoms with van der Waals surface area (Å²) in [5.41, 5.74) is 0.803. The number of carboxylic acid groups (broad SMARTS) is 1. The summed E-state index contributed by atoms with van der Waals surface area (Å²) in [5, 5.41) is 15.2. The lowest BCUT2D eigenvalue weighted by atomic mass is 10.1. The van der Waals surface area contributed by atoms with Gasteiger partial charge in [-0.3, -0.25) is 5.10 Å². The van der Waals surface area contributed by atoms with Gasteiger partial charge in [-0.1, -0.05) is 0 Å². The van der Waals surface area contributed by atoms with E-state index in [1.807, 2.05) is 0 Å². The van der Waals surface area contributed by atoms with Gasteiger partial charge in [0.1, 0.15) is 5.56 Å². The van der Waals surface area contributed by atoms with E-state index in [2.05, 4.69) is 10.2 Å². The van der Waals surface area contributed by atoms with Crippen LogP contribution in [0.25, 0.3) is 0 Å². The largest absolute Gasteiger partial charge is 0.478 e. The Bertz CT molecular complexity index is 315. The quantitative estimate of drug-likeness (QED) is 0.714. The molecule has 0 bridgehead atoms. The van der Waals surface area contributed by atoms with Gasteiger partial charge in [-0.25, -0.2) is 4.79 Å². The molecular formula is C8H10N2O3. The zero-order chi connectivity index (χ0) is 9.26. The zero-order valence-electron chi connectivity index (χ0n) is 6.99. The number of aromatic nitrogens is 2. The maximum absolute atomic E-state index is 10.7. The number of nitrogens with zero attached hydrogens (tertiary/aromatic N) is 1. The highest BCUT2D eigenvalue weighted by Gasteiger charge is 2.24. The molecule has 0 saturated carbocycles. The van der Waals surface area contributed by atoms with Crippen LogP contribution >= 0.6 is 0 Å². The molecule has 1 aromatic heterocycles. The Labute approximate surface area is 74.7 Å². The van der Waals surface area contributed by atoms with E-state index in [9.17, 15) is 4.79 Å². The number of aromatic carboxylic acids is 1. The third-order valence-corrected chi connectivity index (χ3v) is 2.15. The number of hydrogen-bond acceptors (Lipinski definition) is 3. The van der Waals surface area contributed by atoms with Gasteiger partial charge in [0.25, 0.3) is 0 Å². The Balaban J connectivity index is 2.28. The number of H-pyrrole nitrogens is 1. The lowest BCUT2D eigenvalue weighted by molar-refractivity contribution is 0.0681. The summed E-state index contributed by atoms with van der Waals surface area (Å²) >= 11 is 0. The first kappa shape index (κ1) is 8.25. The van der Waals surface area contributed by atoms with Crippen LogP contribution in [0.5, 0.6) is 0 Å². The zero-order valence-corrected chi connectivity index (χ0v) is 6.99. The molecule has 0 aromatic carbocycles. The van der Waals surface area contributed by atoms with Crippen molar-refractivity contribution in [1.29, 1.82) is 0 Å². The molecule has 2 N–H and O–H groups in total. The lowest BCUT2D eigenvalue weighted by Gasteiger charge is -2.06. The summed E-state index contributed by atoms with van der Waals surface area (Å²) in [6, 6.07) is 0. The van der Waals surface area contributed by atoms with Crippen molar-refractivity contribution < 1.29 is 14.6 Å². The van der Waals surface area contributed by atoms with Crippen LogP contribution < -0.4 is 0 Å². The van der Waals surface area contributed by atoms with Gasteiger partial charge in [0.05, 0.1) is 18.0 Å². The summed E-state index contributed by atoms with van der Waals surface area (Å²) < 4.78 is 5.35. The van der Waals surface area contributed by atoms with E-state index in [0.29, 0.717) is 12.3 Å². The first-order valence-electron chi connectivity index (χ1n) is 4.17. The van der Waals surface area contributed by atoms with Crippen LogP contribution in [0.15, 0.2) is 6.20 Å². The van der Waals surface area contributed by atoms with Gasteiger partial charge in [-0.2, -0.15) is 5.10 Å². The summed E-state index contributed by atoms with van der Waals surface area (Å²) in [6.45, 7) is 0.697. The fourth-order valence-corrected chi connectivity index (χ4v) is 1.52. The monoisotopic (exact) mass is 182 g/mol. The Morgan fingerprint density at radius 3 is 3.23 bits per heavy atom. The van der Waals surface area contributed by atoms with Crippen molar-refractivity contribution >= 4 is 5.97 Å². The van der Waals surface area contributed by atoms with E-state index in [1.54, 1.807) is 0 Å². The topological polar surface area (TPSA) is 75.2 Å². The second-order valence-corrected chi connectivity index (χ2v) is 3.00. The molecule has 0 radical (unpaired) electrons. The lowest BCUT2D eigenvalue weighted by Crippen LogP contribution is -2.04. The predicted octanol–water partition coefficient (Wildman–Crippen LogP) is 0.959. The van der Waals surface area contributed by atoms with Crippen LogP contribution in [-0.4, -0.2) is 27.9 Å². The predicted molar refractivity (Wildman–Crippen MR) is 43.5 cm³/mol. The van der Waals surface area contributed by atoms with Crippen LogP contribution in [0.4, 0.5) is 0 Å². The summed E-state index contributed by atoms with van der Waals surface area (Å²) in [7, 11) is 0. The van der Waals surface area contributed by atoms with Crippen LogP contribution in [-0.2, 0) is 4.74 Å². The minimum absolute atomic E-state index is 0.117. The molecule has 0 amide bonds. The molecule has 5 heteroatoms. The average molecular weight is 182 g/mol. The third kappa shape index (κ3) is 1.42. The molecule has 0 aliphatic carbocycles. The smallest absolute Gasteiger partial charge is 0.339 e. The maximum atomic E-state index is 10.7. The van der Waals surface area contributed by atoms with E-state index in [0.717, 1.165) is 12.8 Å². The SMILES string of the molecule is O=C(O)c1cn[nH]c1[C@@H]1CCCO1. The standard InChI is InChI=1S/C8H10N2O3/c11-8(12)5-4-9-10-7(5)6-2-1-3-13-6/h4,6H,1-3H2,(H,9,10)(H,11,12)/t6-/m0/s1. The summed E-state index contributed by atoms with van der Waals surface area (Å²) in [6.07, 6.45) is 3.04. The number of nitrogens with one attached hydrogen (secondary N) is 1. The summed E-state index contributed by atoms with van der Waals surface area (Å²) in [4.78, 5) is 10.7. The molecule has 1 aliphatic heterocycles. The normalized spacial score (nSPS) is 22.0. The van der Waals surface area contributed by atoms with Gasteiger partial charge in [0, 0.05) is 6.61 Å². The molecule has 0 spiro atoms. The van der Waals surface area contributed by atoms with Crippen molar-refractivity contribution in [1.82, 2.24) is 10.2 Å². The highest BCUT2D eigenvalue weighted by molar-refractivity contribution is 5.88. The molecule has 5 nitrogen and oxygen atoms in total. The molecule has 70 valence electrons. The minimum Gasteiger partial charge on any atom is -0.478 e. The number of carbonyl (C=O) groups is 1. The van der Waals surface area contributed by atoms with E-state index >= 15 is 0 Å². The van der Waals surface area contributed by atoms with Crippen molar-refractivity contribution in [3.63, 3.8) is 0 Å². The molecule has 1 saturated heterocycles. The number of hydrogen-bond donors (Lipinski definition) is 2. The van der Waals surface area contributed by atoms with Gasteiger partial charge in [0.2, 0.25) is 0 Å². The molecule has 1 atom stereocenters. The van der Waals surface area contributed by atoms with Crippen molar-refractivity contribution in [2.24, 2.45) is 0 Å². The highest BCUT2D eigenvalue weighted by Crippen LogP contribution is 2.28. The van der Waals surface area contributed by atoms with E-state index in [1.165, 1.54) is 6.20 Å². The van der Waals surface area contributed by atoms with Crippen molar-refractivity contribution in [2.75, 3.05) is 6.61 Å². The molecular weight excluding hydrogens is 172 g/mol. The molecule has 1 fully saturated rings. The number of ether oxygens (including phenoxy) is 1. The van der Waals surface area contributed by atoms with Crippen LogP contribution in [0.2, 0.25) is 0 Å². The van der Waals surface area contributed by atoms with Gasteiger partial charge >= 0.3 is 5.97 Å². The van der Waals surface area contributed by atoms with Crippen LogP contribution in [0.3, 0.4) is 0 Å². The van der Waals surface area contributed by atoms with E-state index in [4.69, 9.17) is 9.84 Å². The Kier molecular flexibility index (Phi) is 2.02. The average Bonchev–Trinajstić information content (AvgIpc) is 2.74. The molecule has 13 heavy (non-hydrogen) atoms. The molecule has 0 unspecified atom stereocenters. The number of aromatic amines is 1. The van der Waals surface area contributed by atoms with Gasteiger partial charge in [-0.15, -0.1) is 0 Å². The van der Waals surface area contributed by atoms with Gasteiger partial charge in [0.15, 0.2) is 0 Å². The highest BCUT2D eigenvalue weighted by atomic mass is 16.5. The van der Waals surface area contributed by atoms with Crippen molar-refractivity contribution in [3.8, 4) is 0 Å². The van der Waals surface area contributed by atoms with E-state index in [-0.39, 0.29) is 11.7 Å². The number of carboxylic acids is 1. The third-order valence-electron chi connectivity index (χ3n) is 2.15. The Morgan fingerprint density at radius 1 is 1.77 bits per heavy atom. The number of rotatable bonds is 2. The summed E-state index contributed by atoms with van der Waals surface area (Å²) in [5.74, 6) is -0.959. The van der Waals surface area contributed by atoms with Gasteiger partial charge < -0.3 is 9.84 Å². The fourth-order valence-electron chi connectivity index (χ4n) is 1.52. The van der Waals surface area contributed by atoms with Crippen LogP contribution in [0.1, 0.15) is 35.0 Å². The second kappa shape index (κ2) is 3.18. The van der Waals surface area contributed by atoms with Crippen molar-refractivity contribution in [2.45, 2.75) is 18.9 Å². The Morgan fingerprint density at radius 2 is 2.62 bits per heavy atom. The van der Waals surface area contributed by atoms with Crippen LogP contribution in [0, 0.1) is 0 Å².